The van der Waals surface area contributed by atoms with E-state index in [2.05, 4.69) is 15.3 Å². The van der Waals surface area contributed by atoms with Crippen LogP contribution in [-0.4, -0.2) is 61.8 Å². The quantitative estimate of drug-likeness (QED) is 0.816. The van der Waals surface area contributed by atoms with Gasteiger partial charge in [-0.1, -0.05) is 6.92 Å². The summed E-state index contributed by atoms with van der Waals surface area (Å²) in [6.45, 7) is 2.44. The molecule has 2 rings (SSSR count). The second-order valence-corrected chi connectivity index (χ2v) is 7.67. The maximum Gasteiger partial charge on any atom is 0.214 e. The van der Waals surface area contributed by atoms with Gasteiger partial charge in [0.2, 0.25) is 10.0 Å². The number of rotatable bonds is 6. The fourth-order valence-electron chi connectivity index (χ4n) is 2.27. The van der Waals surface area contributed by atoms with Crippen LogP contribution in [0.3, 0.4) is 0 Å². The highest BCUT2D eigenvalue weighted by Crippen LogP contribution is 2.22. The van der Waals surface area contributed by atoms with Crippen LogP contribution in [0.5, 0.6) is 0 Å². The number of nitrogens with one attached hydrogen (secondary N) is 1. The van der Waals surface area contributed by atoms with Crippen molar-refractivity contribution in [2.24, 2.45) is 5.92 Å². The molecule has 0 aliphatic carbocycles. The molecule has 0 bridgehead atoms. The number of anilines is 1. The molecule has 0 aromatic carbocycles. The molecule has 2 atom stereocenters. The van der Waals surface area contributed by atoms with Crippen LogP contribution in [0, 0.1) is 11.7 Å². The lowest BCUT2D eigenvalue weighted by atomic mass is 10.1. The van der Waals surface area contributed by atoms with Crippen molar-refractivity contribution in [3.8, 4) is 0 Å². The van der Waals surface area contributed by atoms with Crippen LogP contribution in [0.25, 0.3) is 0 Å². The summed E-state index contributed by atoms with van der Waals surface area (Å²) >= 11 is 0. The Hall–Kier alpha value is -1.32. The highest BCUT2D eigenvalue weighted by molar-refractivity contribution is 7.89. The van der Waals surface area contributed by atoms with Gasteiger partial charge in [0, 0.05) is 20.0 Å². The summed E-state index contributed by atoms with van der Waals surface area (Å²) in [5, 5.41) is 2.96. The number of aromatic nitrogens is 2. The number of hydrogen-bond acceptors (Lipinski definition) is 6. The summed E-state index contributed by atoms with van der Waals surface area (Å²) in [6, 6.07) is -0.302. The molecule has 1 aliphatic rings. The number of ether oxygens (including phenoxy) is 1. The van der Waals surface area contributed by atoms with Gasteiger partial charge >= 0.3 is 0 Å². The average molecular weight is 332 g/mol. The molecule has 1 aromatic rings. The van der Waals surface area contributed by atoms with Crippen molar-refractivity contribution in [3.05, 3.63) is 17.8 Å². The molecule has 1 N–H and O–H groups in total. The predicted octanol–water partition coefficient (Wildman–Crippen LogP) is 0.496. The molecule has 0 amide bonds. The summed E-state index contributed by atoms with van der Waals surface area (Å²) in [5.74, 6) is -0.710. The van der Waals surface area contributed by atoms with E-state index in [0.717, 1.165) is 0 Å². The molecule has 124 valence electrons. The monoisotopic (exact) mass is 332 g/mol. The van der Waals surface area contributed by atoms with Crippen LogP contribution in [0.1, 0.15) is 12.6 Å². The molecule has 1 aliphatic heterocycles. The summed E-state index contributed by atoms with van der Waals surface area (Å²) in [4.78, 5) is 7.78. The van der Waals surface area contributed by atoms with Gasteiger partial charge in [-0.05, 0) is 6.42 Å². The zero-order chi connectivity index (χ0) is 16.3. The second kappa shape index (κ2) is 6.84. The molecule has 1 saturated heterocycles. The van der Waals surface area contributed by atoms with E-state index in [1.165, 1.54) is 24.7 Å². The fourth-order valence-corrected chi connectivity index (χ4v) is 3.44. The van der Waals surface area contributed by atoms with E-state index in [1.54, 1.807) is 6.92 Å². The van der Waals surface area contributed by atoms with Crippen molar-refractivity contribution >= 4 is 15.8 Å². The number of hydrogen-bond donors (Lipinski definition) is 1. The Morgan fingerprint density at radius 1 is 1.41 bits per heavy atom. The molecule has 0 spiro atoms. The summed E-state index contributed by atoms with van der Waals surface area (Å²) < 4.78 is 44.7. The largest absolute Gasteiger partial charge is 0.379 e. The van der Waals surface area contributed by atoms with Crippen molar-refractivity contribution in [1.29, 1.82) is 0 Å². The van der Waals surface area contributed by atoms with Gasteiger partial charge in [-0.3, -0.25) is 0 Å². The summed E-state index contributed by atoms with van der Waals surface area (Å²) in [7, 11) is -0.360. The van der Waals surface area contributed by atoms with E-state index in [4.69, 9.17) is 4.74 Å². The molecular weight excluding hydrogens is 311 g/mol. The Morgan fingerprint density at radius 2 is 2.14 bits per heavy atom. The molecule has 0 radical (unpaired) electrons. The Kier molecular flexibility index (Phi) is 5.30. The van der Waals surface area contributed by atoms with Crippen molar-refractivity contribution < 1.29 is 17.5 Å². The topological polar surface area (TPSA) is 84.4 Å². The van der Waals surface area contributed by atoms with E-state index in [9.17, 15) is 12.8 Å². The average Bonchev–Trinajstić information content (AvgIpc) is 2.87. The standard InChI is InChI=1S/C13H21FN4O3S/c1-4-10-12(14)13(16-8-15-10)17-11-6-21-5-9(11)7-22(19,20)18(2)3/h8-9,11H,4-7H2,1-3H3,(H,15,16,17)/t9-,11-/m0/s1. The highest BCUT2D eigenvalue weighted by atomic mass is 32.2. The third-order valence-corrected chi connectivity index (χ3v) is 5.66. The molecular formula is C13H21FN4O3S. The number of sulfonamides is 1. The lowest BCUT2D eigenvalue weighted by Gasteiger charge is -2.21. The normalized spacial score (nSPS) is 22.2. The van der Waals surface area contributed by atoms with Gasteiger partial charge in [-0.2, -0.15) is 0 Å². The third-order valence-electron chi connectivity index (χ3n) is 3.70. The summed E-state index contributed by atoms with van der Waals surface area (Å²) in [6.07, 6.45) is 1.76. The second-order valence-electron chi connectivity index (χ2n) is 5.45. The number of nitrogens with zero attached hydrogens (tertiary/aromatic N) is 3. The minimum Gasteiger partial charge on any atom is -0.379 e. The van der Waals surface area contributed by atoms with Crippen LogP contribution < -0.4 is 5.32 Å². The Balaban J connectivity index is 2.12. The van der Waals surface area contributed by atoms with Crippen LogP contribution in [0.4, 0.5) is 10.2 Å². The molecule has 0 saturated carbocycles. The van der Waals surface area contributed by atoms with Gasteiger partial charge in [-0.25, -0.2) is 27.1 Å². The van der Waals surface area contributed by atoms with E-state index in [-0.39, 0.29) is 23.5 Å². The molecule has 0 unspecified atom stereocenters. The minimum absolute atomic E-state index is 0.0506. The highest BCUT2D eigenvalue weighted by Gasteiger charge is 2.34. The van der Waals surface area contributed by atoms with Crippen molar-refractivity contribution in [2.75, 3.05) is 38.4 Å². The predicted molar refractivity (Wildman–Crippen MR) is 80.6 cm³/mol. The van der Waals surface area contributed by atoms with Crippen LogP contribution >= 0.6 is 0 Å². The molecule has 1 fully saturated rings. The Bertz CT molecular complexity index is 624. The fraction of sp³-hybridized carbons (Fsp3) is 0.692. The van der Waals surface area contributed by atoms with Gasteiger partial charge in [0.15, 0.2) is 11.6 Å². The van der Waals surface area contributed by atoms with Crippen LogP contribution in [-0.2, 0) is 21.2 Å². The van der Waals surface area contributed by atoms with Crippen LogP contribution in [0.2, 0.25) is 0 Å². The molecule has 7 nitrogen and oxygen atoms in total. The first-order chi connectivity index (χ1) is 10.3. The number of aryl methyl sites for hydroxylation is 1. The van der Waals surface area contributed by atoms with E-state index in [1.807, 2.05) is 0 Å². The number of halogens is 1. The summed E-state index contributed by atoms with van der Waals surface area (Å²) in [5.41, 5.74) is 0.328. The van der Waals surface area contributed by atoms with E-state index < -0.39 is 15.8 Å². The lowest BCUT2D eigenvalue weighted by Crippen LogP contribution is -2.37. The van der Waals surface area contributed by atoms with Gasteiger partial charge in [0.25, 0.3) is 0 Å². The smallest absolute Gasteiger partial charge is 0.214 e. The molecule has 2 heterocycles. The maximum atomic E-state index is 14.2. The SMILES string of the molecule is CCc1ncnc(N[C@H]2COC[C@H]2CS(=O)(=O)N(C)C)c1F. The molecule has 1 aromatic heterocycles. The van der Waals surface area contributed by atoms with Gasteiger partial charge in [-0.15, -0.1) is 0 Å². The third kappa shape index (κ3) is 3.71. The zero-order valence-corrected chi connectivity index (χ0v) is 13.7. The van der Waals surface area contributed by atoms with Crippen LogP contribution in [0.15, 0.2) is 6.33 Å². The first kappa shape index (κ1) is 17.0. The molecule has 9 heteroatoms. The first-order valence-corrected chi connectivity index (χ1v) is 8.70. The van der Waals surface area contributed by atoms with Gasteiger partial charge < -0.3 is 10.1 Å². The maximum absolute atomic E-state index is 14.2. The minimum atomic E-state index is -3.34. The molecule has 22 heavy (non-hydrogen) atoms. The van der Waals surface area contributed by atoms with Gasteiger partial charge in [0.1, 0.15) is 6.33 Å². The van der Waals surface area contributed by atoms with Crippen molar-refractivity contribution in [1.82, 2.24) is 14.3 Å². The lowest BCUT2D eigenvalue weighted by molar-refractivity contribution is 0.187. The first-order valence-electron chi connectivity index (χ1n) is 7.09. The Labute approximate surface area is 129 Å². The van der Waals surface area contributed by atoms with Crippen molar-refractivity contribution in [3.63, 3.8) is 0 Å². The van der Waals surface area contributed by atoms with E-state index >= 15 is 0 Å². The van der Waals surface area contributed by atoms with Gasteiger partial charge in [0.05, 0.1) is 30.7 Å². The zero-order valence-electron chi connectivity index (χ0n) is 12.9. The van der Waals surface area contributed by atoms with Crippen molar-refractivity contribution in [2.45, 2.75) is 19.4 Å². The Morgan fingerprint density at radius 3 is 2.77 bits per heavy atom. The van der Waals surface area contributed by atoms with E-state index in [0.29, 0.717) is 25.3 Å².